The molecule has 0 bridgehead atoms. The van der Waals surface area contributed by atoms with Crippen molar-refractivity contribution in [2.75, 3.05) is 0 Å². The summed E-state index contributed by atoms with van der Waals surface area (Å²) in [6.45, 7) is 7.33. The molecule has 0 aromatic heterocycles. The lowest BCUT2D eigenvalue weighted by atomic mass is 9.57. The summed E-state index contributed by atoms with van der Waals surface area (Å²) in [5.74, 6) is -1.24. The summed E-state index contributed by atoms with van der Waals surface area (Å²) in [6.07, 6.45) is 4.48. The van der Waals surface area contributed by atoms with E-state index in [-0.39, 0.29) is 12.1 Å². The smallest absolute Gasteiger partial charge is 0.313 e. The molecular formula is C15H26O4. The first-order valence-corrected chi connectivity index (χ1v) is 7.22. The third-order valence-corrected chi connectivity index (χ3v) is 4.75. The van der Waals surface area contributed by atoms with Crippen molar-refractivity contribution in [3.63, 3.8) is 0 Å². The Labute approximate surface area is 115 Å². The highest BCUT2D eigenvalue weighted by molar-refractivity contribution is 5.87. The highest BCUT2D eigenvalue weighted by atomic mass is 16.5. The Bertz CT molecular complexity index is 352. The SMILES string of the molecule is CCCC(C)OC(=O)[C@]1(C)CCCC[C@@]1(C)C(=O)O. The lowest BCUT2D eigenvalue weighted by Crippen LogP contribution is -2.52. The van der Waals surface area contributed by atoms with Gasteiger partial charge in [0.2, 0.25) is 0 Å². The van der Waals surface area contributed by atoms with Crippen LogP contribution in [-0.4, -0.2) is 23.1 Å². The molecule has 4 heteroatoms. The van der Waals surface area contributed by atoms with E-state index in [1.54, 1.807) is 13.8 Å². The molecule has 1 rings (SSSR count). The van der Waals surface area contributed by atoms with Gasteiger partial charge < -0.3 is 9.84 Å². The number of carbonyl (C=O) groups excluding carboxylic acids is 1. The first-order valence-electron chi connectivity index (χ1n) is 7.22. The average Bonchev–Trinajstić information content (AvgIpc) is 2.33. The van der Waals surface area contributed by atoms with E-state index in [9.17, 15) is 14.7 Å². The monoisotopic (exact) mass is 270 g/mol. The Balaban J connectivity index is 2.92. The first kappa shape index (κ1) is 16.0. The third-order valence-electron chi connectivity index (χ3n) is 4.75. The number of carbonyl (C=O) groups is 2. The van der Waals surface area contributed by atoms with Crippen LogP contribution >= 0.6 is 0 Å². The second-order valence-electron chi connectivity index (χ2n) is 6.18. The minimum atomic E-state index is -1.02. The Morgan fingerprint density at radius 3 is 2.21 bits per heavy atom. The van der Waals surface area contributed by atoms with Crippen molar-refractivity contribution in [3.8, 4) is 0 Å². The van der Waals surface area contributed by atoms with Gasteiger partial charge in [0.05, 0.1) is 16.9 Å². The van der Waals surface area contributed by atoms with Gasteiger partial charge in [0, 0.05) is 0 Å². The number of hydrogen-bond donors (Lipinski definition) is 1. The highest BCUT2D eigenvalue weighted by Gasteiger charge is 2.57. The van der Waals surface area contributed by atoms with Gasteiger partial charge in [0.25, 0.3) is 0 Å². The molecular weight excluding hydrogens is 244 g/mol. The lowest BCUT2D eigenvalue weighted by molar-refractivity contribution is -0.183. The van der Waals surface area contributed by atoms with Gasteiger partial charge >= 0.3 is 11.9 Å². The standard InChI is InChI=1S/C15H26O4/c1-5-8-11(2)19-13(18)15(4)10-7-6-9-14(15,3)12(16)17/h11H,5-10H2,1-4H3,(H,16,17)/t11?,14-,15-/m0/s1. The molecule has 0 radical (unpaired) electrons. The van der Waals surface area contributed by atoms with Crippen LogP contribution in [0.3, 0.4) is 0 Å². The van der Waals surface area contributed by atoms with Gasteiger partial charge in [-0.3, -0.25) is 9.59 Å². The molecule has 0 aliphatic heterocycles. The van der Waals surface area contributed by atoms with Gasteiger partial charge in [-0.15, -0.1) is 0 Å². The van der Waals surface area contributed by atoms with Crippen molar-refractivity contribution in [1.82, 2.24) is 0 Å². The molecule has 1 unspecified atom stereocenters. The van der Waals surface area contributed by atoms with Crippen molar-refractivity contribution in [3.05, 3.63) is 0 Å². The van der Waals surface area contributed by atoms with E-state index in [0.717, 1.165) is 25.7 Å². The molecule has 3 atom stereocenters. The fourth-order valence-corrected chi connectivity index (χ4v) is 2.96. The molecule has 1 fully saturated rings. The summed E-state index contributed by atoms with van der Waals surface area (Å²) < 4.78 is 5.48. The normalized spacial score (nSPS) is 32.6. The summed E-state index contributed by atoms with van der Waals surface area (Å²) in [6, 6.07) is 0. The molecule has 0 saturated heterocycles. The van der Waals surface area contributed by atoms with Crippen molar-refractivity contribution < 1.29 is 19.4 Å². The van der Waals surface area contributed by atoms with Crippen molar-refractivity contribution in [1.29, 1.82) is 0 Å². The lowest BCUT2D eigenvalue weighted by Gasteiger charge is -2.45. The van der Waals surface area contributed by atoms with E-state index in [2.05, 4.69) is 0 Å². The Kier molecular flexibility index (Phi) is 4.99. The van der Waals surface area contributed by atoms with E-state index in [1.165, 1.54) is 0 Å². The predicted molar refractivity (Wildman–Crippen MR) is 72.8 cm³/mol. The Hall–Kier alpha value is -1.06. The van der Waals surface area contributed by atoms with Crippen LogP contribution in [0, 0.1) is 10.8 Å². The summed E-state index contributed by atoms with van der Waals surface area (Å²) in [5, 5.41) is 9.51. The summed E-state index contributed by atoms with van der Waals surface area (Å²) in [7, 11) is 0. The molecule has 0 aromatic rings. The molecule has 4 nitrogen and oxygen atoms in total. The van der Waals surface area contributed by atoms with Gasteiger partial charge in [0.1, 0.15) is 0 Å². The summed E-state index contributed by atoms with van der Waals surface area (Å²) >= 11 is 0. The number of ether oxygens (including phenoxy) is 1. The fourth-order valence-electron chi connectivity index (χ4n) is 2.96. The average molecular weight is 270 g/mol. The molecule has 0 amide bonds. The molecule has 0 heterocycles. The second-order valence-corrected chi connectivity index (χ2v) is 6.18. The van der Waals surface area contributed by atoms with E-state index in [0.29, 0.717) is 12.8 Å². The topological polar surface area (TPSA) is 63.6 Å². The molecule has 1 N–H and O–H groups in total. The number of carboxylic acids is 1. The van der Waals surface area contributed by atoms with Crippen molar-refractivity contribution in [2.45, 2.75) is 72.3 Å². The first-order chi connectivity index (χ1) is 8.78. The fraction of sp³-hybridized carbons (Fsp3) is 0.867. The third kappa shape index (κ3) is 2.93. The maximum atomic E-state index is 12.4. The molecule has 110 valence electrons. The maximum absolute atomic E-state index is 12.4. The number of esters is 1. The molecule has 0 spiro atoms. The van der Waals surface area contributed by atoms with E-state index in [1.807, 2.05) is 13.8 Å². The molecule has 19 heavy (non-hydrogen) atoms. The van der Waals surface area contributed by atoms with Crippen LogP contribution < -0.4 is 0 Å². The van der Waals surface area contributed by atoms with Crippen molar-refractivity contribution in [2.24, 2.45) is 10.8 Å². The van der Waals surface area contributed by atoms with Crippen LogP contribution in [0.4, 0.5) is 0 Å². The summed E-state index contributed by atoms with van der Waals surface area (Å²) in [4.78, 5) is 24.0. The predicted octanol–water partition coefficient (Wildman–Crippen LogP) is 3.39. The number of carboxylic acid groups (broad SMARTS) is 1. The maximum Gasteiger partial charge on any atom is 0.313 e. The Morgan fingerprint density at radius 2 is 1.74 bits per heavy atom. The van der Waals surface area contributed by atoms with Crippen LogP contribution in [0.2, 0.25) is 0 Å². The van der Waals surface area contributed by atoms with Crippen LogP contribution in [0.1, 0.15) is 66.2 Å². The minimum Gasteiger partial charge on any atom is -0.481 e. The highest BCUT2D eigenvalue weighted by Crippen LogP contribution is 2.51. The molecule has 1 saturated carbocycles. The zero-order chi connectivity index (χ0) is 14.7. The van der Waals surface area contributed by atoms with Crippen LogP contribution in [-0.2, 0) is 14.3 Å². The number of rotatable bonds is 5. The number of aliphatic carboxylic acids is 1. The van der Waals surface area contributed by atoms with Crippen molar-refractivity contribution >= 4 is 11.9 Å². The van der Waals surface area contributed by atoms with E-state index < -0.39 is 16.8 Å². The van der Waals surface area contributed by atoms with Crippen LogP contribution in [0.15, 0.2) is 0 Å². The van der Waals surface area contributed by atoms with Crippen LogP contribution in [0.25, 0.3) is 0 Å². The van der Waals surface area contributed by atoms with E-state index in [4.69, 9.17) is 4.74 Å². The van der Waals surface area contributed by atoms with E-state index >= 15 is 0 Å². The molecule has 1 aliphatic rings. The van der Waals surface area contributed by atoms with Gasteiger partial charge in [-0.1, -0.05) is 26.2 Å². The van der Waals surface area contributed by atoms with Gasteiger partial charge in [-0.05, 0) is 40.0 Å². The number of hydrogen-bond acceptors (Lipinski definition) is 3. The van der Waals surface area contributed by atoms with Gasteiger partial charge in [-0.25, -0.2) is 0 Å². The zero-order valence-corrected chi connectivity index (χ0v) is 12.5. The Morgan fingerprint density at radius 1 is 1.21 bits per heavy atom. The zero-order valence-electron chi connectivity index (χ0n) is 12.5. The quantitative estimate of drug-likeness (QED) is 0.778. The van der Waals surface area contributed by atoms with Gasteiger partial charge in [-0.2, -0.15) is 0 Å². The minimum absolute atomic E-state index is 0.144. The molecule has 0 aromatic carbocycles. The van der Waals surface area contributed by atoms with Crippen LogP contribution in [0.5, 0.6) is 0 Å². The largest absolute Gasteiger partial charge is 0.481 e. The molecule has 1 aliphatic carbocycles. The van der Waals surface area contributed by atoms with Gasteiger partial charge in [0.15, 0.2) is 0 Å². The second kappa shape index (κ2) is 5.93. The summed E-state index contributed by atoms with van der Waals surface area (Å²) in [5.41, 5.74) is -1.94.